The van der Waals surface area contributed by atoms with Gasteiger partial charge in [0.2, 0.25) is 5.91 Å². The summed E-state index contributed by atoms with van der Waals surface area (Å²) in [6.07, 6.45) is 0.418. The fraction of sp³-hybridized carbons (Fsp3) is 0.300. The maximum atomic E-state index is 12.7. The van der Waals surface area contributed by atoms with Crippen LogP contribution in [-0.2, 0) is 17.8 Å². The van der Waals surface area contributed by atoms with Crippen LogP contribution < -0.4 is 0 Å². The Morgan fingerprint density at radius 1 is 1.13 bits per heavy atom. The Balaban J connectivity index is 2.12. The van der Waals surface area contributed by atoms with Gasteiger partial charge in [0, 0.05) is 12.6 Å². The largest absolute Gasteiger partial charge is 0.336 e. The molecule has 0 heterocycles. The Bertz CT molecular complexity index is 711. The summed E-state index contributed by atoms with van der Waals surface area (Å²) in [4.78, 5) is 14.6. The summed E-state index contributed by atoms with van der Waals surface area (Å²) in [6.45, 7) is 6.65. The van der Waals surface area contributed by atoms with Crippen molar-refractivity contribution in [1.29, 1.82) is 5.26 Å². The summed E-state index contributed by atoms with van der Waals surface area (Å²) in [6, 6.07) is 17.6. The minimum atomic E-state index is 0.124. The van der Waals surface area contributed by atoms with Gasteiger partial charge in [-0.15, -0.1) is 0 Å². The smallest absolute Gasteiger partial charge is 0.227 e. The molecule has 0 atom stereocenters. The molecule has 0 spiro atoms. The summed E-state index contributed by atoms with van der Waals surface area (Å²) in [5.41, 5.74) is 3.89. The van der Waals surface area contributed by atoms with Crippen molar-refractivity contribution in [1.82, 2.24) is 4.90 Å². The van der Waals surface area contributed by atoms with Crippen LogP contribution in [0.1, 0.15) is 36.1 Å². The molecule has 0 aliphatic heterocycles. The predicted molar refractivity (Wildman–Crippen MR) is 91.7 cm³/mol. The van der Waals surface area contributed by atoms with E-state index >= 15 is 0 Å². The highest BCUT2D eigenvalue weighted by Crippen LogP contribution is 2.14. The van der Waals surface area contributed by atoms with Crippen molar-refractivity contribution in [3.05, 3.63) is 70.8 Å². The zero-order valence-corrected chi connectivity index (χ0v) is 13.9. The molecule has 3 heteroatoms. The Kier molecular flexibility index (Phi) is 5.54. The first-order valence-corrected chi connectivity index (χ1v) is 7.84. The molecule has 0 radical (unpaired) electrons. The van der Waals surface area contributed by atoms with Gasteiger partial charge in [-0.3, -0.25) is 4.79 Å². The summed E-state index contributed by atoms with van der Waals surface area (Å²) >= 11 is 0. The van der Waals surface area contributed by atoms with E-state index in [0.29, 0.717) is 18.5 Å². The van der Waals surface area contributed by atoms with Gasteiger partial charge in [-0.1, -0.05) is 36.4 Å². The van der Waals surface area contributed by atoms with E-state index < -0.39 is 0 Å². The fourth-order valence-corrected chi connectivity index (χ4v) is 2.51. The van der Waals surface area contributed by atoms with Crippen molar-refractivity contribution in [2.45, 2.75) is 39.8 Å². The van der Waals surface area contributed by atoms with Crippen LogP contribution in [0.25, 0.3) is 0 Å². The van der Waals surface area contributed by atoms with Crippen LogP contribution in [0, 0.1) is 18.3 Å². The SMILES string of the molecule is Cc1ccccc1CC(=O)N(Cc1ccc(C#N)cc1)C(C)C. The Morgan fingerprint density at radius 3 is 2.35 bits per heavy atom. The number of hydrogen-bond acceptors (Lipinski definition) is 2. The molecule has 0 aliphatic carbocycles. The first kappa shape index (κ1) is 16.8. The van der Waals surface area contributed by atoms with E-state index in [2.05, 4.69) is 6.07 Å². The molecule has 0 saturated carbocycles. The highest BCUT2D eigenvalue weighted by Gasteiger charge is 2.18. The number of hydrogen-bond donors (Lipinski definition) is 0. The monoisotopic (exact) mass is 306 g/mol. The van der Waals surface area contributed by atoms with E-state index in [1.807, 2.05) is 62.1 Å². The summed E-state index contributed by atoms with van der Waals surface area (Å²) in [5.74, 6) is 0.124. The Labute approximate surface area is 138 Å². The highest BCUT2D eigenvalue weighted by atomic mass is 16.2. The third kappa shape index (κ3) is 4.43. The van der Waals surface area contributed by atoms with Crippen LogP contribution in [0.5, 0.6) is 0 Å². The van der Waals surface area contributed by atoms with Gasteiger partial charge >= 0.3 is 0 Å². The molecule has 0 fully saturated rings. The minimum Gasteiger partial charge on any atom is -0.336 e. The molecule has 0 aliphatic rings. The van der Waals surface area contributed by atoms with Crippen LogP contribution in [0.3, 0.4) is 0 Å². The lowest BCUT2D eigenvalue weighted by Gasteiger charge is -2.27. The number of nitrogens with zero attached hydrogens (tertiary/aromatic N) is 2. The summed E-state index contributed by atoms with van der Waals surface area (Å²) in [7, 11) is 0. The second kappa shape index (κ2) is 7.60. The average Bonchev–Trinajstić information content (AvgIpc) is 2.55. The average molecular weight is 306 g/mol. The standard InChI is InChI=1S/C20H22N2O/c1-15(2)22(14-18-10-8-17(13-21)9-11-18)20(23)12-19-7-5-4-6-16(19)3/h4-11,15H,12,14H2,1-3H3. The van der Waals surface area contributed by atoms with Crippen molar-refractivity contribution < 1.29 is 4.79 Å². The van der Waals surface area contributed by atoms with Gasteiger partial charge in [0.25, 0.3) is 0 Å². The fourth-order valence-electron chi connectivity index (χ4n) is 2.51. The van der Waals surface area contributed by atoms with Crippen LogP contribution in [0.2, 0.25) is 0 Å². The molecule has 0 bridgehead atoms. The number of carbonyl (C=O) groups excluding carboxylic acids is 1. The van der Waals surface area contributed by atoms with Crippen LogP contribution >= 0.6 is 0 Å². The lowest BCUT2D eigenvalue weighted by molar-refractivity contribution is -0.132. The summed E-state index contributed by atoms with van der Waals surface area (Å²) < 4.78 is 0. The maximum Gasteiger partial charge on any atom is 0.227 e. The van der Waals surface area contributed by atoms with Gasteiger partial charge < -0.3 is 4.90 Å². The van der Waals surface area contributed by atoms with Crippen LogP contribution in [-0.4, -0.2) is 16.8 Å². The molecular formula is C20H22N2O. The minimum absolute atomic E-state index is 0.124. The third-order valence-corrected chi connectivity index (χ3v) is 3.98. The van der Waals surface area contributed by atoms with E-state index in [1.54, 1.807) is 12.1 Å². The van der Waals surface area contributed by atoms with E-state index in [4.69, 9.17) is 5.26 Å². The van der Waals surface area contributed by atoms with E-state index in [0.717, 1.165) is 16.7 Å². The van der Waals surface area contributed by atoms with Gasteiger partial charge in [-0.25, -0.2) is 0 Å². The molecule has 118 valence electrons. The molecule has 2 rings (SSSR count). The molecule has 23 heavy (non-hydrogen) atoms. The van der Waals surface area contributed by atoms with Gasteiger partial charge in [-0.2, -0.15) is 5.26 Å². The molecule has 0 N–H and O–H groups in total. The molecule has 2 aromatic rings. The van der Waals surface area contributed by atoms with Gasteiger partial charge in [0.15, 0.2) is 0 Å². The Morgan fingerprint density at radius 2 is 1.78 bits per heavy atom. The molecule has 3 nitrogen and oxygen atoms in total. The zero-order chi connectivity index (χ0) is 16.8. The number of rotatable bonds is 5. The second-order valence-electron chi connectivity index (χ2n) is 6.03. The molecule has 0 aromatic heterocycles. The van der Waals surface area contributed by atoms with Crippen molar-refractivity contribution >= 4 is 5.91 Å². The second-order valence-corrected chi connectivity index (χ2v) is 6.03. The molecule has 2 aromatic carbocycles. The summed E-state index contributed by atoms with van der Waals surface area (Å²) in [5, 5.41) is 8.86. The first-order valence-electron chi connectivity index (χ1n) is 7.84. The topological polar surface area (TPSA) is 44.1 Å². The lowest BCUT2D eigenvalue weighted by Crippen LogP contribution is -2.37. The van der Waals surface area contributed by atoms with Gasteiger partial charge in [0.05, 0.1) is 18.1 Å². The Hall–Kier alpha value is -2.60. The number of nitriles is 1. The predicted octanol–water partition coefficient (Wildman–Crippen LogP) is 3.85. The van der Waals surface area contributed by atoms with Crippen molar-refractivity contribution in [2.24, 2.45) is 0 Å². The maximum absolute atomic E-state index is 12.7. The quantitative estimate of drug-likeness (QED) is 0.842. The lowest BCUT2D eigenvalue weighted by atomic mass is 10.0. The number of carbonyl (C=O) groups is 1. The van der Waals surface area contributed by atoms with Crippen molar-refractivity contribution in [2.75, 3.05) is 0 Å². The molecule has 1 amide bonds. The number of amides is 1. The molecule has 0 unspecified atom stereocenters. The van der Waals surface area contributed by atoms with E-state index in [-0.39, 0.29) is 11.9 Å². The zero-order valence-electron chi connectivity index (χ0n) is 13.9. The van der Waals surface area contributed by atoms with E-state index in [1.165, 1.54) is 0 Å². The van der Waals surface area contributed by atoms with Gasteiger partial charge in [0.1, 0.15) is 0 Å². The van der Waals surface area contributed by atoms with Crippen molar-refractivity contribution in [3.8, 4) is 6.07 Å². The van der Waals surface area contributed by atoms with E-state index in [9.17, 15) is 4.79 Å². The number of aryl methyl sites for hydroxylation is 1. The normalized spacial score (nSPS) is 10.4. The van der Waals surface area contributed by atoms with Crippen LogP contribution in [0.15, 0.2) is 48.5 Å². The van der Waals surface area contributed by atoms with Gasteiger partial charge in [-0.05, 0) is 49.6 Å². The number of benzene rings is 2. The third-order valence-electron chi connectivity index (χ3n) is 3.98. The molecular weight excluding hydrogens is 284 g/mol. The van der Waals surface area contributed by atoms with Crippen molar-refractivity contribution in [3.63, 3.8) is 0 Å². The van der Waals surface area contributed by atoms with Crippen LogP contribution in [0.4, 0.5) is 0 Å². The molecule has 0 saturated heterocycles. The first-order chi connectivity index (χ1) is 11.0. The highest BCUT2D eigenvalue weighted by molar-refractivity contribution is 5.79.